The van der Waals surface area contributed by atoms with Crippen LogP contribution in [-0.2, 0) is 5.41 Å². The lowest BCUT2D eigenvalue weighted by atomic mass is 9.82. The van der Waals surface area contributed by atoms with Crippen molar-refractivity contribution in [3.63, 3.8) is 0 Å². The Labute approximate surface area is 408 Å². The summed E-state index contributed by atoms with van der Waals surface area (Å²) in [6.07, 6.45) is 0. The Morgan fingerprint density at radius 1 is 0.414 bits per heavy atom. The molecule has 5 heteroatoms. The highest BCUT2D eigenvalue weighted by molar-refractivity contribution is 7.22. The quantitative estimate of drug-likeness (QED) is 0.172. The van der Waals surface area contributed by atoms with Crippen molar-refractivity contribution in [3.05, 3.63) is 230 Å². The van der Waals surface area contributed by atoms with Crippen molar-refractivity contribution in [2.75, 3.05) is 0 Å². The molecule has 1 aliphatic rings. The minimum absolute atomic E-state index is 0.154. The Balaban J connectivity index is 1.00. The number of nitrogens with zero attached hydrogens (tertiary/aromatic N) is 4. The first kappa shape index (κ1) is 39.4. The summed E-state index contributed by atoms with van der Waals surface area (Å²) in [6.45, 7) is 4.70. The number of para-hydroxylation sites is 1. The van der Waals surface area contributed by atoms with Gasteiger partial charge in [-0.25, -0.2) is 9.97 Å². The lowest BCUT2D eigenvalue weighted by molar-refractivity contribution is 0.660. The normalized spacial score (nSPS) is 13.1. The van der Waals surface area contributed by atoms with E-state index in [9.17, 15) is 0 Å². The van der Waals surface area contributed by atoms with Crippen LogP contribution >= 0.6 is 11.3 Å². The summed E-state index contributed by atoms with van der Waals surface area (Å²) in [5, 5.41) is 9.65. The van der Waals surface area contributed by atoms with Crippen molar-refractivity contribution in [2.45, 2.75) is 19.3 Å². The maximum Gasteiger partial charge on any atom is 0.235 e. The zero-order chi connectivity index (χ0) is 46.2. The average molecular weight is 911 g/mol. The van der Waals surface area contributed by atoms with E-state index in [-0.39, 0.29) is 5.41 Å². The second-order valence-corrected chi connectivity index (χ2v) is 20.3. The van der Waals surface area contributed by atoms with Crippen LogP contribution in [0.2, 0.25) is 0 Å². The van der Waals surface area contributed by atoms with Crippen LogP contribution < -0.4 is 0 Å². The van der Waals surface area contributed by atoms with Crippen molar-refractivity contribution >= 4 is 86.7 Å². The molecule has 70 heavy (non-hydrogen) atoms. The molecular weight excluding hydrogens is 869 g/mol. The van der Waals surface area contributed by atoms with Crippen molar-refractivity contribution in [3.8, 4) is 55.6 Å². The molecule has 1 aliphatic carbocycles. The van der Waals surface area contributed by atoms with Crippen LogP contribution in [0, 0.1) is 0 Å². The molecule has 4 aromatic heterocycles. The average Bonchev–Trinajstić information content (AvgIpc) is 4.16. The van der Waals surface area contributed by atoms with Crippen molar-refractivity contribution in [1.82, 2.24) is 19.1 Å². The Kier molecular flexibility index (Phi) is 8.26. The monoisotopic (exact) mass is 910 g/mol. The third kappa shape index (κ3) is 5.58. The van der Waals surface area contributed by atoms with E-state index >= 15 is 0 Å². The molecule has 0 unspecified atom stereocenters. The highest BCUT2D eigenvalue weighted by Crippen LogP contribution is 2.51. The fourth-order valence-electron chi connectivity index (χ4n) is 11.9. The van der Waals surface area contributed by atoms with Crippen LogP contribution in [-0.4, -0.2) is 19.1 Å². The minimum Gasteiger partial charge on any atom is -0.309 e. The first-order chi connectivity index (χ1) is 34.5. The standard InChI is InChI=1S/C65H42N4S/c1-65(2)52-26-14-13-24-48(52)49-32-29-43(37-53(49)65)61-63-54(38-58(70-63)41-18-5-3-6-19-41)66-64(67-61)69-55-34-31-42(36-51(55)50-33-28-40-17-10-12-23-47(40)62(50)69)46-25-15-27-56-60(46)59-45-22-11-9-16-39(45)30-35-57(59)68(56)44-20-7-4-8-21-44/h3-38H,1-2H3. The van der Waals surface area contributed by atoms with Crippen LogP contribution in [0.5, 0.6) is 0 Å². The predicted molar refractivity (Wildman–Crippen MR) is 295 cm³/mol. The van der Waals surface area contributed by atoms with Gasteiger partial charge in [-0.3, -0.25) is 4.57 Å². The molecule has 0 atom stereocenters. The molecule has 328 valence electrons. The highest BCUT2D eigenvalue weighted by atomic mass is 32.1. The predicted octanol–water partition coefficient (Wildman–Crippen LogP) is 17.5. The van der Waals surface area contributed by atoms with E-state index in [1.54, 1.807) is 11.3 Å². The fraction of sp³-hybridized carbons (Fsp3) is 0.0462. The van der Waals surface area contributed by atoms with Gasteiger partial charge in [-0.05, 0) is 104 Å². The van der Waals surface area contributed by atoms with E-state index in [0.29, 0.717) is 5.95 Å². The van der Waals surface area contributed by atoms with Crippen molar-refractivity contribution in [1.29, 1.82) is 0 Å². The zero-order valence-corrected chi connectivity index (χ0v) is 39.3. The molecule has 0 saturated heterocycles. The van der Waals surface area contributed by atoms with Gasteiger partial charge in [-0.15, -0.1) is 11.3 Å². The third-order valence-corrected chi connectivity index (χ3v) is 16.3. The topological polar surface area (TPSA) is 35.6 Å². The number of aromatic nitrogens is 4. The molecule has 10 aromatic carbocycles. The Bertz CT molecular complexity index is 4500. The van der Waals surface area contributed by atoms with Gasteiger partial charge in [-0.1, -0.05) is 184 Å². The molecular formula is C65H42N4S. The Morgan fingerprint density at radius 2 is 1.09 bits per heavy atom. The van der Waals surface area contributed by atoms with E-state index in [4.69, 9.17) is 9.97 Å². The molecule has 14 aromatic rings. The number of rotatable bonds is 5. The van der Waals surface area contributed by atoms with Gasteiger partial charge in [0.1, 0.15) is 0 Å². The lowest BCUT2D eigenvalue weighted by Crippen LogP contribution is -2.15. The van der Waals surface area contributed by atoms with Gasteiger partial charge in [-0.2, -0.15) is 0 Å². The van der Waals surface area contributed by atoms with Gasteiger partial charge in [0.25, 0.3) is 0 Å². The van der Waals surface area contributed by atoms with Gasteiger partial charge < -0.3 is 4.57 Å². The third-order valence-electron chi connectivity index (χ3n) is 15.1. The first-order valence-electron chi connectivity index (χ1n) is 24.1. The lowest BCUT2D eigenvalue weighted by Gasteiger charge is -2.22. The number of hydrogen-bond acceptors (Lipinski definition) is 3. The van der Waals surface area contributed by atoms with Gasteiger partial charge in [0, 0.05) is 48.5 Å². The Morgan fingerprint density at radius 3 is 1.94 bits per heavy atom. The minimum atomic E-state index is -0.154. The molecule has 0 spiro atoms. The molecule has 15 rings (SSSR count). The summed E-state index contributed by atoms with van der Waals surface area (Å²) < 4.78 is 5.85. The number of hydrogen-bond donors (Lipinski definition) is 0. The number of fused-ring (bicyclic) bond motifs is 14. The largest absolute Gasteiger partial charge is 0.309 e. The van der Waals surface area contributed by atoms with Gasteiger partial charge in [0.15, 0.2) is 0 Å². The van der Waals surface area contributed by atoms with Crippen LogP contribution in [0.3, 0.4) is 0 Å². The number of thiophene rings is 1. The van der Waals surface area contributed by atoms with Crippen molar-refractivity contribution in [2.24, 2.45) is 0 Å². The van der Waals surface area contributed by atoms with Gasteiger partial charge in [0.2, 0.25) is 5.95 Å². The second kappa shape index (κ2) is 14.7. The summed E-state index contributed by atoms with van der Waals surface area (Å²) in [4.78, 5) is 12.5. The molecule has 0 radical (unpaired) electrons. The summed E-state index contributed by atoms with van der Waals surface area (Å²) >= 11 is 1.77. The van der Waals surface area contributed by atoms with E-state index < -0.39 is 0 Å². The van der Waals surface area contributed by atoms with Crippen LogP contribution in [0.4, 0.5) is 0 Å². The first-order valence-corrected chi connectivity index (χ1v) is 24.9. The summed E-state index contributed by atoms with van der Waals surface area (Å²) in [7, 11) is 0. The summed E-state index contributed by atoms with van der Waals surface area (Å²) in [6, 6.07) is 80.0. The molecule has 0 aliphatic heterocycles. The summed E-state index contributed by atoms with van der Waals surface area (Å²) in [5.41, 5.74) is 17.3. The molecule has 0 saturated carbocycles. The second-order valence-electron chi connectivity index (χ2n) is 19.3. The maximum atomic E-state index is 5.73. The van der Waals surface area contributed by atoms with Crippen LogP contribution in [0.1, 0.15) is 25.0 Å². The van der Waals surface area contributed by atoms with E-state index in [0.717, 1.165) is 59.9 Å². The van der Waals surface area contributed by atoms with Crippen molar-refractivity contribution < 1.29 is 0 Å². The smallest absolute Gasteiger partial charge is 0.235 e. The molecule has 0 amide bonds. The number of benzene rings is 10. The maximum absolute atomic E-state index is 5.73. The van der Waals surface area contributed by atoms with Crippen LogP contribution in [0.15, 0.2) is 218 Å². The SMILES string of the molecule is CC1(C)c2ccccc2-c2ccc(-c3nc(-n4c5ccc(-c6cccc7c6c6c8ccccc8ccc6n7-c6ccccc6)cc5c5ccc6ccccc6c54)nc4cc(-c5ccccc5)sc34)cc21. The van der Waals surface area contributed by atoms with Gasteiger partial charge >= 0.3 is 0 Å². The molecule has 0 bridgehead atoms. The van der Waals surface area contributed by atoms with E-state index in [1.807, 2.05) is 0 Å². The van der Waals surface area contributed by atoms with E-state index in [1.165, 1.54) is 76.2 Å². The summed E-state index contributed by atoms with van der Waals surface area (Å²) in [5.74, 6) is 0.659. The molecule has 0 N–H and O–H groups in total. The van der Waals surface area contributed by atoms with Gasteiger partial charge in [0.05, 0.1) is 38.0 Å². The Hall–Kier alpha value is -8.64. The zero-order valence-electron chi connectivity index (χ0n) is 38.5. The molecule has 4 nitrogen and oxygen atoms in total. The molecule has 0 fully saturated rings. The fourth-order valence-corrected chi connectivity index (χ4v) is 13.0. The highest BCUT2D eigenvalue weighted by Gasteiger charge is 2.35. The van der Waals surface area contributed by atoms with Crippen LogP contribution in [0.25, 0.3) is 131 Å². The van der Waals surface area contributed by atoms with E-state index in [2.05, 4.69) is 241 Å². The molecule has 4 heterocycles.